The molecule has 0 aliphatic rings. The molecule has 0 aromatic heterocycles. The van der Waals surface area contributed by atoms with E-state index in [2.05, 4.69) is 47.9 Å². The lowest BCUT2D eigenvalue weighted by molar-refractivity contribution is -0.125. The number of hydrogen-bond acceptors (Lipinski definition) is 11. The van der Waals surface area contributed by atoms with Gasteiger partial charge in [0.1, 0.15) is 11.6 Å². The Kier molecular flexibility index (Phi) is 29.7. The van der Waals surface area contributed by atoms with Gasteiger partial charge < -0.3 is 47.9 Å². The summed E-state index contributed by atoms with van der Waals surface area (Å²) in [6, 6.07) is -0.725. The number of carbonyl (C=O) groups is 5. The zero-order valence-corrected chi connectivity index (χ0v) is 32.4. The Morgan fingerprint density at radius 1 is 0.440 bits per heavy atom. The second-order valence-electron chi connectivity index (χ2n) is 13.5. The highest BCUT2D eigenvalue weighted by Crippen LogP contribution is 2.11. The highest BCUT2D eigenvalue weighted by atomic mass is 16.2. The van der Waals surface area contributed by atoms with Crippen molar-refractivity contribution in [1.29, 1.82) is 0 Å². The maximum absolute atomic E-state index is 13.3. The highest BCUT2D eigenvalue weighted by molar-refractivity contribution is 5.82. The van der Waals surface area contributed by atoms with Gasteiger partial charge in [-0.1, -0.05) is 0 Å². The predicted octanol–water partition coefficient (Wildman–Crippen LogP) is 0.504. The lowest BCUT2D eigenvalue weighted by atomic mass is 9.98. The first-order valence-corrected chi connectivity index (χ1v) is 18.8. The Balaban J connectivity index is 5.33. The Labute approximate surface area is 302 Å². The molecule has 0 spiro atoms. The zero-order chi connectivity index (χ0) is 37.6. The molecular formula is C36H73N9O5. The van der Waals surface area contributed by atoms with Crippen LogP contribution in [0.4, 0.5) is 0 Å². The van der Waals surface area contributed by atoms with Crippen molar-refractivity contribution >= 4 is 29.3 Å². The SMILES string of the molecule is CNCCCC(CC(=O)CCC(CC(C)=O)NC(=O)CC(CCCNC(=O)CC(CCCNC)NC)NC(=O)CC(CCCNC)NC)NC. The molecule has 0 bridgehead atoms. The molecule has 0 rings (SSSR count). The van der Waals surface area contributed by atoms with Crippen molar-refractivity contribution < 1.29 is 24.0 Å². The van der Waals surface area contributed by atoms with E-state index in [4.69, 9.17) is 0 Å². The number of Topliss-reactive ketones (excluding diaryl/α,β-unsaturated/α-hetero) is 2. The second kappa shape index (κ2) is 31.3. The van der Waals surface area contributed by atoms with Crippen molar-refractivity contribution in [2.45, 2.75) is 133 Å². The molecule has 0 aromatic rings. The number of amides is 3. The molecule has 292 valence electrons. The average Bonchev–Trinajstić information content (AvgIpc) is 3.07. The van der Waals surface area contributed by atoms with Crippen molar-refractivity contribution in [3.05, 3.63) is 0 Å². The van der Waals surface area contributed by atoms with Crippen LogP contribution in [0, 0.1) is 0 Å². The number of ketones is 2. The molecule has 0 radical (unpaired) electrons. The van der Waals surface area contributed by atoms with Crippen LogP contribution in [0.5, 0.6) is 0 Å². The number of rotatable bonds is 34. The van der Waals surface area contributed by atoms with Gasteiger partial charge in [0, 0.05) is 75.3 Å². The Hall–Kier alpha value is -2.49. The van der Waals surface area contributed by atoms with E-state index >= 15 is 0 Å². The molecule has 14 heteroatoms. The van der Waals surface area contributed by atoms with Crippen LogP contribution in [0.2, 0.25) is 0 Å². The summed E-state index contributed by atoms with van der Waals surface area (Å²) in [5.74, 6) is -0.435. The first-order chi connectivity index (χ1) is 24.0. The summed E-state index contributed by atoms with van der Waals surface area (Å²) in [7, 11) is 11.3. The van der Waals surface area contributed by atoms with Crippen LogP contribution in [-0.2, 0) is 24.0 Å². The van der Waals surface area contributed by atoms with Crippen LogP contribution >= 0.6 is 0 Å². The van der Waals surface area contributed by atoms with E-state index in [0.717, 1.165) is 58.2 Å². The Bertz CT molecular complexity index is 940. The summed E-state index contributed by atoms with van der Waals surface area (Å²) in [4.78, 5) is 63.9. The smallest absolute Gasteiger partial charge is 0.222 e. The lowest BCUT2D eigenvalue weighted by Crippen LogP contribution is -2.44. The monoisotopic (exact) mass is 712 g/mol. The van der Waals surface area contributed by atoms with Crippen molar-refractivity contribution in [2.75, 3.05) is 68.5 Å². The largest absolute Gasteiger partial charge is 0.356 e. The van der Waals surface area contributed by atoms with Crippen molar-refractivity contribution in [2.24, 2.45) is 0 Å². The minimum atomic E-state index is -0.467. The zero-order valence-electron chi connectivity index (χ0n) is 32.4. The molecule has 14 nitrogen and oxygen atoms in total. The standard InChI is InChI=1S/C36H73N9O5/c1-27(46)22-32(16-17-33(47)23-28(40-5)12-8-18-37-2)45-36(50)26-31(44-35(49)25-30(42-7)14-10-20-39-4)15-11-21-43-34(48)24-29(41-6)13-9-19-38-3/h28-32,37-42H,8-26H2,1-7H3,(H,43,48)(H,44,49)(H,45,50). The van der Waals surface area contributed by atoms with Gasteiger partial charge in [-0.2, -0.15) is 0 Å². The molecule has 0 heterocycles. The Morgan fingerprint density at radius 3 is 1.26 bits per heavy atom. The summed E-state index contributed by atoms with van der Waals surface area (Å²) < 4.78 is 0. The van der Waals surface area contributed by atoms with Crippen LogP contribution in [0.15, 0.2) is 0 Å². The fourth-order valence-corrected chi connectivity index (χ4v) is 6.02. The lowest BCUT2D eigenvalue weighted by Gasteiger charge is -2.23. The van der Waals surface area contributed by atoms with Crippen LogP contribution in [-0.4, -0.2) is 128 Å². The summed E-state index contributed by atoms with van der Waals surface area (Å²) in [5, 5.41) is 28.0. The van der Waals surface area contributed by atoms with Gasteiger partial charge in [0.05, 0.1) is 0 Å². The third kappa shape index (κ3) is 26.3. The van der Waals surface area contributed by atoms with Crippen LogP contribution in [0.1, 0.15) is 103 Å². The molecule has 0 saturated heterocycles. The van der Waals surface area contributed by atoms with E-state index in [-0.39, 0.29) is 73.1 Å². The van der Waals surface area contributed by atoms with Gasteiger partial charge in [0.25, 0.3) is 0 Å². The fourth-order valence-electron chi connectivity index (χ4n) is 6.02. The molecule has 3 amide bonds. The normalized spacial score (nSPS) is 14.3. The van der Waals surface area contributed by atoms with Gasteiger partial charge in [0.15, 0.2) is 0 Å². The van der Waals surface area contributed by atoms with E-state index in [9.17, 15) is 24.0 Å². The van der Waals surface area contributed by atoms with E-state index in [0.29, 0.717) is 38.6 Å². The third-order valence-electron chi connectivity index (χ3n) is 9.02. The Morgan fingerprint density at radius 2 is 0.820 bits per heavy atom. The van der Waals surface area contributed by atoms with E-state index < -0.39 is 12.1 Å². The maximum atomic E-state index is 13.3. The van der Waals surface area contributed by atoms with Gasteiger partial charge in [-0.3, -0.25) is 24.0 Å². The van der Waals surface area contributed by atoms with Crippen molar-refractivity contribution in [3.63, 3.8) is 0 Å². The molecule has 0 saturated carbocycles. The quantitative estimate of drug-likeness (QED) is 0.0423. The number of carbonyl (C=O) groups excluding carboxylic acids is 5. The molecular weight excluding hydrogens is 638 g/mol. The molecule has 5 unspecified atom stereocenters. The molecule has 50 heavy (non-hydrogen) atoms. The maximum Gasteiger partial charge on any atom is 0.222 e. The molecule has 9 N–H and O–H groups in total. The third-order valence-corrected chi connectivity index (χ3v) is 9.02. The molecule has 0 aliphatic heterocycles. The van der Waals surface area contributed by atoms with Gasteiger partial charge in [-0.25, -0.2) is 0 Å². The van der Waals surface area contributed by atoms with Gasteiger partial charge in [-0.05, 0) is 127 Å². The van der Waals surface area contributed by atoms with Gasteiger partial charge in [0.2, 0.25) is 17.7 Å². The minimum absolute atomic E-state index is 0.00800. The molecule has 0 aromatic carbocycles. The number of nitrogens with one attached hydrogen (secondary N) is 9. The second-order valence-corrected chi connectivity index (χ2v) is 13.5. The first kappa shape index (κ1) is 47.5. The van der Waals surface area contributed by atoms with Gasteiger partial charge in [-0.15, -0.1) is 0 Å². The summed E-state index contributed by atoms with van der Waals surface area (Å²) in [6.45, 7) is 4.55. The fraction of sp³-hybridized carbons (Fsp3) is 0.861. The van der Waals surface area contributed by atoms with Crippen LogP contribution < -0.4 is 47.9 Å². The molecule has 5 atom stereocenters. The average molecular weight is 712 g/mol. The minimum Gasteiger partial charge on any atom is -0.356 e. The number of hydrogen-bond donors (Lipinski definition) is 9. The summed E-state index contributed by atoms with van der Waals surface area (Å²) in [5.41, 5.74) is 0. The highest BCUT2D eigenvalue weighted by Gasteiger charge is 2.23. The first-order valence-electron chi connectivity index (χ1n) is 18.8. The van der Waals surface area contributed by atoms with E-state index in [1.54, 1.807) is 0 Å². The summed E-state index contributed by atoms with van der Waals surface area (Å²) in [6.07, 6.45) is 8.43. The van der Waals surface area contributed by atoms with Crippen LogP contribution in [0.25, 0.3) is 0 Å². The molecule has 0 fully saturated rings. The topological polar surface area (TPSA) is 194 Å². The molecule has 0 aliphatic carbocycles. The van der Waals surface area contributed by atoms with Crippen molar-refractivity contribution in [1.82, 2.24) is 47.9 Å². The van der Waals surface area contributed by atoms with Crippen LogP contribution in [0.3, 0.4) is 0 Å². The van der Waals surface area contributed by atoms with E-state index in [1.165, 1.54) is 6.92 Å². The predicted molar refractivity (Wildman–Crippen MR) is 202 cm³/mol. The summed E-state index contributed by atoms with van der Waals surface area (Å²) >= 11 is 0. The van der Waals surface area contributed by atoms with E-state index in [1.807, 2.05) is 42.3 Å². The van der Waals surface area contributed by atoms with Crippen molar-refractivity contribution in [3.8, 4) is 0 Å². The van der Waals surface area contributed by atoms with Gasteiger partial charge >= 0.3 is 0 Å².